The van der Waals surface area contributed by atoms with Crippen LogP contribution in [0.4, 0.5) is 0 Å². The molecule has 0 atom stereocenters. The number of aromatic nitrogens is 4. The van der Waals surface area contributed by atoms with Crippen LogP contribution in [0.3, 0.4) is 0 Å². The maximum atomic E-state index is 9.48. The lowest BCUT2D eigenvalue weighted by Gasteiger charge is -2.11. The minimum absolute atomic E-state index is 0.198. The highest BCUT2D eigenvalue weighted by Gasteiger charge is 2.11. The Morgan fingerprint density at radius 3 is 2.53 bits per heavy atom. The number of phenolic OH excluding ortho intramolecular Hbond substituents is 1. The topological polar surface area (TPSA) is 91.5 Å². The zero-order valence-corrected chi connectivity index (χ0v) is 18.5. The third kappa shape index (κ3) is 4.67. The van der Waals surface area contributed by atoms with Gasteiger partial charge in [-0.15, -0.1) is 5.10 Å². The van der Waals surface area contributed by atoms with Gasteiger partial charge in [-0.05, 0) is 60.7 Å². The third-order valence-corrected chi connectivity index (χ3v) is 5.15. The summed E-state index contributed by atoms with van der Waals surface area (Å²) < 4.78 is 18.5. The first kappa shape index (κ1) is 21.4. The highest BCUT2D eigenvalue weighted by molar-refractivity contribution is 5.87. The van der Waals surface area contributed by atoms with Gasteiger partial charge in [0.25, 0.3) is 0 Å². The van der Waals surface area contributed by atoms with Crippen molar-refractivity contribution in [3.63, 3.8) is 0 Å². The molecular formula is C26H22N4O4. The molecule has 0 spiro atoms. The SMILES string of the molecule is COCCOc1cccc(Oc2cccc3nc(-c4cn(-c5ccc(O)cc5)nn4)ccc23)c1. The van der Waals surface area contributed by atoms with Crippen LogP contribution in [0, 0.1) is 0 Å². The summed E-state index contributed by atoms with van der Waals surface area (Å²) in [6.45, 7) is 0.989. The van der Waals surface area contributed by atoms with E-state index < -0.39 is 0 Å². The third-order valence-electron chi connectivity index (χ3n) is 5.15. The molecule has 170 valence electrons. The van der Waals surface area contributed by atoms with Crippen LogP contribution in [-0.2, 0) is 4.74 Å². The number of hydrogen-bond acceptors (Lipinski definition) is 7. The standard InChI is InChI=1S/C26H22N4O4/c1-32-14-15-33-20-4-2-5-21(16-20)34-26-7-3-6-23-22(26)12-13-24(27-23)25-17-30(29-28-25)18-8-10-19(31)11-9-18/h2-13,16-17,31H,14-15H2,1H3. The van der Waals surface area contributed by atoms with Crippen LogP contribution in [0.2, 0.25) is 0 Å². The molecule has 0 radical (unpaired) electrons. The van der Waals surface area contributed by atoms with Gasteiger partial charge in [0.2, 0.25) is 0 Å². The van der Waals surface area contributed by atoms with Crippen LogP contribution in [-0.4, -0.2) is 45.4 Å². The summed E-state index contributed by atoms with van der Waals surface area (Å²) in [5.74, 6) is 2.28. The molecule has 8 nitrogen and oxygen atoms in total. The Hall–Kier alpha value is -4.43. The molecule has 0 bridgehead atoms. The number of fused-ring (bicyclic) bond motifs is 1. The van der Waals surface area contributed by atoms with Crippen molar-refractivity contribution in [2.75, 3.05) is 20.3 Å². The molecule has 2 aromatic heterocycles. The predicted molar refractivity (Wildman–Crippen MR) is 128 cm³/mol. The molecular weight excluding hydrogens is 432 g/mol. The summed E-state index contributed by atoms with van der Waals surface area (Å²) in [5, 5.41) is 18.8. The van der Waals surface area contributed by atoms with Crippen LogP contribution >= 0.6 is 0 Å². The van der Waals surface area contributed by atoms with Gasteiger partial charge in [-0.25, -0.2) is 9.67 Å². The summed E-state index contributed by atoms with van der Waals surface area (Å²) in [7, 11) is 1.64. The van der Waals surface area contributed by atoms with Crippen molar-refractivity contribution >= 4 is 10.9 Å². The normalized spacial score (nSPS) is 11.0. The molecule has 34 heavy (non-hydrogen) atoms. The number of benzene rings is 3. The molecule has 8 heteroatoms. The zero-order valence-electron chi connectivity index (χ0n) is 18.5. The van der Waals surface area contributed by atoms with E-state index in [-0.39, 0.29) is 5.75 Å². The summed E-state index contributed by atoms with van der Waals surface area (Å²) in [6.07, 6.45) is 1.80. The molecule has 3 aromatic carbocycles. The molecule has 5 aromatic rings. The van der Waals surface area contributed by atoms with E-state index in [0.29, 0.717) is 41.9 Å². The Kier molecular flexibility index (Phi) is 6.05. The van der Waals surface area contributed by atoms with Gasteiger partial charge in [0, 0.05) is 18.6 Å². The molecule has 0 aliphatic heterocycles. The van der Waals surface area contributed by atoms with Gasteiger partial charge in [0.15, 0.2) is 0 Å². The van der Waals surface area contributed by atoms with Crippen molar-refractivity contribution in [3.05, 3.63) is 85.1 Å². The fourth-order valence-corrected chi connectivity index (χ4v) is 3.47. The monoisotopic (exact) mass is 454 g/mol. The minimum Gasteiger partial charge on any atom is -0.508 e. The Balaban J connectivity index is 1.39. The van der Waals surface area contributed by atoms with Gasteiger partial charge in [-0.3, -0.25) is 0 Å². The minimum atomic E-state index is 0.198. The first-order chi connectivity index (χ1) is 16.7. The van der Waals surface area contributed by atoms with E-state index in [0.717, 1.165) is 16.6 Å². The van der Waals surface area contributed by atoms with Gasteiger partial charge >= 0.3 is 0 Å². The lowest BCUT2D eigenvalue weighted by Crippen LogP contribution is -2.04. The fraction of sp³-hybridized carbons (Fsp3) is 0.115. The molecule has 0 unspecified atom stereocenters. The smallest absolute Gasteiger partial charge is 0.136 e. The van der Waals surface area contributed by atoms with Crippen LogP contribution in [0.15, 0.2) is 85.1 Å². The van der Waals surface area contributed by atoms with Crippen molar-refractivity contribution in [1.82, 2.24) is 20.0 Å². The van der Waals surface area contributed by atoms with Crippen molar-refractivity contribution in [1.29, 1.82) is 0 Å². The second kappa shape index (κ2) is 9.60. The molecule has 0 amide bonds. The number of pyridine rings is 1. The molecule has 1 N–H and O–H groups in total. The molecule has 0 fully saturated rings. The molecule has 2 heterocycles. The largest absolute Gasteiger partial charge is 0.508 e. The first-order valence-electron chi connectivity index (χ1n) is 10.7. The van der Waals surface area contributed by atoms with Crippen molar-refractivity contribution in [2.24, 2.45) is 0 Å². The fourth-order valence-electron chi connectivity index (χ4n) is 3.47. The molecule has 0 saturated heterocycles. The Morgan fingerprint density at radius 1 is 0.853 bits per heavy atom. The average Bonchev–Trinajstić information content (AvgIpc) is 3.35. The summed E-state index contributed by atoms with van der Waals surface area (Å²) in [4.78, 5) is 4.76. The maximum absolute atomic E-state index is 9.48. The maximum Gasteiger partial charge on any atom is 0.136 e. The number of rotatable bonds is 8. The number of hydrogen-bond donors (Lipinski definition) is 1. The quantitative estimate of drug-likeness (QED) is 0.330. The van der Waals surface area contributed by atoms with Gasteiger partial charge in [0.05, 0.1) is 29.7 Å². The Labute approximate surface area is 196 Å². The van der Waals surface area contributed by atoms with Crippen molar-refractivity contribution in [3.8, 4) is 40.1 Å². The summed E-state index contributed by atoms with van der Waals surface area (Å²) >= 11 is 0. The summed E-state index contributed by atoms with van der Waals surface area (Å²) in [6, 6.07) is 23.8. The van der Waals surface area contributed by atoms with Crippen LogP contribution in [0.1, 0.15) is 0 Å². The number of methoxy groups -OCH3 is 1. The van der Waals surface area contributed by atoms with Gasteiger partial charge in [-0.1, -0.05) is 17.3 Å². The van der Waals surface area contributed by atoms with E-state index in [1.807, 2.05) is 54.6 Å². The Morgan fingerprint density at radius 2 is 1.68 bits per heavy atom. The van der Waals surface area contributed by atoms with Crippen LogP contribution in [0.5, 0.6) is 23.0 Å². The molecule has 5 rings (SSSR count). The Bertz CT molecular complexity index is 1420. The number of ether oxygens (including phenoxy) is 3. The van der Waals surface area contributed by atoms with Crippen molar-refractivity contribution < 1.29 is 19.3 Å². The molecule has 0 aliphatic carbocycles. The van der Waals surface area contributed by atoms with Crippen molar-refractivity contribution in [2.45, 2.75) is 0 Å². The highest BCUT2D eigenvalue weighted by Crippen LogP contribution is 2.32. The highest BCUT2D eigenvalue weighted by atomic mass is 16.5. The van der Waals surface area contributed by atoms with E-state index in [1.54, 1.807) is 42.3 Å². The van der Waals surface area contributed by atoms with Crippen LogP contribution in [0.25, 0.3) is 28.0 Å². The van der Waals surface area contributed by atoms with Gasteiger partial charge in [-0.2, -0.15) is 0 Å². The number of nitrogens with zero attached hydrogens (tertiary/aromatic N) is 4. The summed E-state index contributed by atoms with van der Waals surface area (Å²) in [5.41, 5.74) is 2.91. The average molecular weight is 454 g/mol. The van der Waals surface area contributed by atoms with Crippen LogP contribution < -0.4 is 9.47 Å². The molecule has 0 aliphatic rings. The van der Waals surface area contributed by atoms with E-state index in [2.05, 4.69) is 10.3 Å². The first-order valence-corrected chi connectivity index (χ1v) is 10.7. The predicted octanol–water partition coefficient (Wildman–Crippen LogP) is 5.01. The number of phenols is 1. The van der Waals surface area contributed by atoms with E-state index in [4.69, 9.17) is 19.2 Å². The second-order valence-corrected chi connectivity index (χ2v) is 7.50. The van der Waals surface area contributed by atoms with Gasteiger partial charge in [0.1, 0.15) is 35.3 Å². The lowest BCUT2D eigenvalue weighted by atomic mass is 10.1. The van der Waals surface area contributed by atoms with Gasteiger partial charge < -0.3 is 19.3 Å². The van der Waals surface area contributed by atoms with E-state index >= 15 is 0 Å². The lowest BCUT2D eigenvalue weighted by molar-refractivity contribution is 0.146. The zero-order chi connectivity index (χ0) is 23.3. The number of aromatic hydroxyl groups is 1. The molecule has 0 saturated carbocycles. The second-order valence-electron chi connectivity index (χ2n) is 7.50. The van der Waals surface area contributed by atoms with E-state index in [1.165, 1.54) is 0 Å². The van der Waals surface area contributed by atoms with E-state index in [9.17, 15) is 5.11 Å².